The van der Waals surface area contributed by atoms with E-state index in [0.717, 1.165) is 19.3 Å². The van der Waals surface area contributed by atoms with Crippen LogP contribution in [0.1, 0.15) is 39.0 Å². The molecule has 6 nitrogen and oxygen atoms in total. The molecule has 0 bridgehead atoms. The normalized spacial score (nSPS) is 32.7. The van der Waals surface area contributed by atoms with E-state index in [1.165, 1.54) is 0 Å². The molecule has 2 rings (SSSR count). The molecule has 1 aliphatic heterocycles. The maximum Gasteiger partial charge on any atom is 0.317 e. The molecule has 2 fully saturated rings. The van der Waals surface area contributed by atoms with Crippen LogP contribution < -0.4 is 5.32 Å². The molecule has 0 aromatic carbocycles. The number of carboxylic acids is 1. The summed E-state index contributed by atoms with van der Waals surface area (Å²) < 4.78 is 5.28. The van der Waals surface area contributed by atoms with Gasteiger partial charge in [-0.3, -0.25) is 4.79 Å². The number of amides is 2. The zero-order valence-corrected chi connectivity index (χ0v) is 12.9. The van der Waals surface area contributed by atoms with Gasteiger partial charge in [-0.2, -0.15) is 0 Å². The summed E-state index contributed by atoms with van der Waals surface area (Å²) in [5, 5.41) is 12.4. The van der Waals surface area contributed by atoms with Crippen molar-refractivity contribution in [3.05, 3.63) is 0 Å². The number of rotatable bonds is 4. The number of nitrogens with zero attached hydrogens (tertiary/aromatic N) is 1. The van der Waals surface area contributed by atoms with E-state index in [1.807, 2.05) is 0 Å². The molecule has 1 saturated heterocycles. The molecule has 2 amide bonds. The first-order valence-corrected chi connectivity index (χ1v) is 7.76. The summed E-state index contributed by atoms with van der Waals surface area (Å²) in [4.78, 5) is 25.4. The largest absolute Gasteiger partial charge is 0.481 e. The summed E-state index contributed by atoms with van der Waals surface area (Å²) in [6, 6.07) is -0.109. The summed E-state index contributed by atoms with van der Waals surface area (Å²) in [6.07, 6.45) is 3.94. The number of carbonyl (C=O) groups excluding carboxylic acids is 1. The molecule has 1 heterocycles. The van der Waals surface area contributed by atoms with E-state index in [9.17, 15) is 14.7 Å². The van der Waals surface area contributed by atoms with Crippen molar-refractivity contribution in [1.82, 2.24) is 10.2 Å². The Labute approximate surface area is 125 Å². The van der Waals surface area contributed by atoms with Gasteiger partial charge in [0, 0.05) is 20.2 Å². The van der Waals surface area contributed by atoms with Crippen molar-refractivity contribution in [3.8, 4) is 0 Å². The van der Waals surface area contributed by atoms with Gasteiger partial charge in [0.25, 0.3) is 0 Å². The molecule has 6 heteroatoms. The van der Waals surface area contributed by atoms with E-state index in [0.29, 0.717) is 32.0 Å². The predicted molar refractivity (Wildman–Crippen MR) is 78.1 cm³/mol. The average molecular weight is 298 g/mol. The number of carboxylic acid groups (broad SMARTS) is 1. The minimum Gasteiger partial charge on any atom is -0.481 e. The van der Waals surface area contributed by atoms with Gasteiger partial charge in [-0.25, -0.2) is 4.79 Å². The molecule has 2 aliphatic rings. The number of aliphatic carboxylic acids is 1. The number of carbonyl (C=O) groups is 2. The quantitative estimate of drug-likeness (QED) is 0.828. The molecule has 0 aromatic rings. The van der Waals surface area contributed by atoms with Gasteiger partial charge >= 0.3 is 12.0 Å². The van der Waals surface area contributed by atoms with Gasteiger partial charge in [0.2, 0.25) is 0 Å². The summed E-state index contributed by atoms with van der Waals surface area (Å²) in [7, 11) is 1.74. The fraction of sp³-hybridized carbons (Fsp3) is 0.867. The Bertz CT molecular complexity index is 385. The molecule has 2 N–H and O–H groups in total. The zero-order chi connectivity index (χ0) is 15.5. The standard InChI is InChI=1S/C15H26N2O4/c1-11-3-6-15(7-4-11,13(18)19)10-16-14(20)17(2)12-5-8-21-9-12/h11-12H,3-10H2,1-2H3,(H,16,20)(H,18,19). The Morgan fingerprint density at radius 1 is 1.33 bits per heavy atom. The molecule has 1 unspecified atom stereocenters. The molecule has 120 valence electrons. The smallest absolute Gasteiger partial charge is 0.317 e. The first-order valence-electron chi connectivity index (χ1n) is 7.76. The summed E-state index contributed by atoms with van der Waals surface area (Å²) in [6.45, 7) is 3.61. The zero-order valence-electron chi connectivity index (χ0n) is 12.9. The Kier molecular flexibility index (Phi) is 5.08. The van der Waals surface area contributed by atoms with Crippen LogP contribution in [0.4, 0.5) is 4.79 Å². The molecule has 1 atom stereocenters. The summed E-state index contributed by atoms with van der Waals surface area (Å²) in [5.74, 6) is -0.215. The number of nitrogens with one attached hydrogen (secondary N) is 1. The van der Waals surface area contributed by atoms with E-state index >= 15 is 0 Å². The van der Waals surface area contributed by atoms with Gasteiger partial charge in [0.15, 0.2) is 0 Å². The molecular formula is C15H26N2O4. The fourth-order valence-electron chi connectivity index (χ4n) is 3.14. The number of hydrogen-bond acceptors (Lipinski definition) is 3. The van der Waals surface area contributed by atoms with Crippen molar-refractivity contribution < 1.29 is 19.4 Å². The lowest BCUT2D eigenvalue weighted by molar-refractivity contribution is -0.151. The van der Waals surface area contributed by atoms with Crippen molar-refractivity contribution in [2.45, 2.75) is 45.1 Å². The van der Waals surface area contributed by atoms with Gasteiger partial charge in [-0.15, -0.1) is 0 Å². The second kappa shape index (κ2) is 6.64. The average Bonchev–Trinajstić information content (AvgIpc) is 2.99. The van der Waals surface area contributed by atoms with Crippen molar-refractivity contribution >= 4 is 12.0 Å². The van der Waals surface area contributed by atoms with Crippen LogP contribution in [-0.2, 0) is 9.53 Å². The van der Waals surface area contributed by atoms with Crippen LogP contribution >= 0.6 is 0 Å². The Morgan fingerprint density at radius 3 is 2.52 bits per heavy atom. The Balaban J connectivity index is 1.89. The Hall–Kier alpha value is -1.30. The fourth-order valence-corrected chi connectivity index (χ4v) is 3.14. The SMILES string of the molecule is CC1CCC(CNC(=O)N(C)C2CCOC2)(C(=O)O)CC1. The van der Waals surface area contributed by atoms with Crippen molar-refractivity contribution in [1.29, 1.82) is 0 Å². The van der Waals surface area contributed by atoms with Crippen LogP contribution in [0.3, 0.4) is 0 Å². The maximum absolute atomic E-state index is 12.2. The van der Waals surface area contributed by atoms with Crippen molar-refractivity contribution in [2.75, 3.05) is 26.8 Å². The molecule has 0 spiro atoms. The first kappa shape index (κ1) is 16.1. The van der Waals surface area contributed by atoms with E-state index in [-0.39, 0.29) is 18.6 Å². The molecule has 0 aromatic heterocycles. The monoisotopic (exact) mass is 298 g/mol. The third-order valence-corrected chi connectivity index (χ3v) is 5.04. The lowest BCUT2D eigenvalue weighted by atomic mass is 9.71. The lowest BCUT2D eigenvalue weighted by Gasteiger charge is -2.36. The van der Waals surface area contributed by atoms with Gasteiger partial charge < -0.3 is 20.1 Å². The number of urea groups is 1. The minimum atomic E-state index is -0.796. The van der Waals surface area contributed by atoms with Gasteiger partial charge in [-0.1, -0.05) is 6.92 Å². The topological polar surface area (TPSA) is 78.9 Å². The molecule has 1 aliphatic carbocycles. The predicted octanol–water partition coefficient (Wildman–Crippen LogP) is 1.70. The van der Waals surface area contributed by atoms with Gasteiger partial charge in [0.05, 0.1) is 18.1 Å². The number of likely N-dealkylation sites (N-methyl/N-ethyl adjacent to an activating group) is 1. The van der Waals surface area contributed by atoms with Crippen LogP contribution in [-0.4, -0.2) is 54.9 Å². The van der Waals surface area contributed by atoms with E-state index in [2.05, 4.69) is 12.2 Å². The van der Waals surface area contributed by atoms with Crippen LogP contribution in [0.25, 0.3) is 0 Å². The number of ether oxygens (including phenoxy) is 1. The molecule has 0 radical (unpaired) electrons. The second-order valence-corrected chi connectivity index (χ2v) is 6.56. The van der Waals surface area contributed by atoms with Gasteiger partial charge in [0.1, 0.15) is 0 Å². The van der Waals surface area contributed by atoms with E-state index in [4.69, 9.17) is 4.74 Å². The minimum absolute atomic E-state index is 0.0946. The highest BCUT2D eigenvalue weighted by molar-refractivity contribution is 5.78. The second-order valence-electron chi connectivity index (χ2n) is 6.56. The highest BCUT2D eigenvalue weighted by atomic mass is 16.5. The highest BCUT2D eigenvalue weighted by Crippen LogP contribution is 2.38. The lowest BCUT2D eigenvalue weighted by Crippen LogP contribution is -2.50. The van der Waals surface area contributed by atoms with Crippen molar-refractivity contribution in [3.63, 3.8) is 0 Å². The maximum atomic E-state index is 12.2. The molecule has 21 heavy (non-hydrogen) atoms. The van der Waals surface area contributed by atoms with Gasteiger partial charge in [-0.05, 0) is 38.0 Å². The summed E-state index contributed by atoms with van der Waals surface area (Å²) >= 11 is 0. The molecule has 1 saturated carbocycles. The summed E-state index contributed by atoms with van der Waals surface area (Å²) in [5.41, 5.74) is -0.796. The molecular weight excluding hydrogens is 272 g/mol. The Morgan fingerprint density at radius 2 is 2.00 bits per heavy atom. The van der Waals surface area contributed by atoms with Crippen LogP contribution in [0.15, 0.2) is 0 Å². The van der Waals surface area contributed by atoms with Crippen LogP contribution in [0.5, 0.6) is 0 Å². The van der Waals surface area contributed by atoms with E-state index in [1.54, 1.807) is 11.9 Å². The van der Waals surface area contributed by atoms with E-state index < -0.39 is 11.4 Å². The third-order valence-electron chi connectivity index (χ3n) is 5.04. The van der Waals surface area contributed by atoms with Crippen LogP contribution in [0, 0.1) is 11.3 Å². The van der Waals surface area contributed by atoms with Crippen LogP contribution in [0.2, 0.25) is 0 Å². The third kappa shape index (κ3) is 3.67. The highest BCUT2D eigenvalue weighted by Gasteiger charge is 2.41. The number of hydrogen-bond donors (Lipinski definition) is 2. The first-order chi connectivity index (χ1) is 9.94. The van der Waals surface area contributed by atoms with Crippen molar-refractivity contribution in [2.24, 2.45) is 11.3 Å².